The van der Waals surface area contributed by atoms with E-state index in [0.29, 0.717) is 26.2 Å². The summed E-state index contributed by atoms with van der Waals surface area (Å²) in [4.78, 5) is 32.3. The van der Waals surface area contributed by atoms with Gasteiger partial charge in [-0.25, -0.2) is 4.79 Å². The first-order valence-electron chi connectivity index (χ1n) is 9.49. The van der Waals surface area contributed by atoms with E-state index in [4.69, 9.17) is 0 Å². The molecule has 0 aliphatic carbocycles. The third-order valence-corrected chi connectivity index (χ3v) is 6.03. The van der Waals surface area contributed by atoms with Crippen LogP contribution in [-0.4, -0.2) is 73.5 Å². The number of nitrogens with one attached hydrogen (secondary N) is 1. The van der Waals surface area contributed by atoms with Crippen LogP contribution < -0.4 is 5.32 Å². The molecule has 0 spiro atoms. The Morgan fingerprint density at radius 2 is 2.08 bits per heavy atom. The molecule has 1 aliphatic heterocycles. The van der Waals surface area contributed by atoms with Gasteiger partial charge in [-0.05, 0) is 52.2 Å². The van der Waals surface area contributed by atoms with Crippen LogP contribution in [0.5, 0.6) is 0 Å². The lowest BCUT2D eigenvalue weighted by Gasteiger charge is -2.35. The van der Waals surface area contributed by atoms with Crippen LogP contribution in [0.2, 0.25) is 0 Å². The number of rotatable bonds is 7. The molecule has 1 aliphatic rings. The number of urea groups is 1. The predicted molar refractivity (Wildman–Crippen MR) is 106 cm³/mol. The van der Waals surface area contributed by atoms with Crippen molar-refractivity contribution in [2.24, 2.45) is 5.92 Å². The fraction of sp³-hybridized carbons (Fsp3) is 0.684. The van der Waals surface area contributed by atoms with Crippen LogP contribution in [0.1, 0.15) is 37.6 Å². The molecule has 3 amide bonds. The molecule has 1 aromatic heterocycles. The van der Waals surface area contributed by atoms with E-state index in [9.17, 15) is 9.59 Å². The topological polar surface area (TPSA) is 55.9 Å². The van der Waals surface area contributed by atoms with Gasteiger partial charge < -0.3 is 20.0 Å². The maximum atomic E-state index is 12.7. The highest BCUT2D eigenvalue weighted by Crippen LogP contribution is 2.23. The average molecular weight is 381 g/mol. The number of amides is 3. The van der Waals surface area contributed by atoms with E-state index in [2.05, 4.69) is 21.7 Å². The van der Waals surface area contributed by atoms with E-state index < -0.39 is 0 Å². The molecule has 2 unspecified atom stereocenters. The Bertz CT molecular complexity index is 572. The molecule has 7 heteroatoms. The van der Waals surface area contributed by atoms with E-state index in [1.54, 1.807) is 11.3 Å². The number of nitrogens with zero attached hydrogens (tertiary/aromatic N) is 3. The molecule has 2 heterocycles. The predicted octanol–water partition coefficient (Wildman–Crippen LogP) is 2.64. The van der Waals surface area contributed by atoms with Crippen molar-refractivity contribution in [3.8, 4) is 0 Å². The van der Waals surface area contributed by atoms with Crippen molar-refractivity contribution in [3.05, 3.63) is 22.4 Å². The lowest BCUT2D eigenvalue weighted by atomic mass is 9.97. The molecular weight excluding hydrogens is 348 g/mol. The first-order valence-corrected chi connectivity index (χ1v) is 10.4. The van der Waals surface area contributed by atoms with Crippen molar-refractivity contribution in [1.82, 2.24) is 20.0 Å². The second-order valence-electron chi connectivity index (χ2n) is 6.98. The zero-order valence-corrected chi connectivity index (χ0v) is 17.2. The number of piperidine rings is 1. The van der Waals surface area contributed by atoms with Gasteiger partial charge in [0.25, 0.3) is 0 Å². The minimum atomic E-state index is -0.116. The molecule has 1 N–H and O–H groups in total. The largest absolute Gasteiger partial charge is 0.354 e. The standard InChI is InChI=1S/C19H32N4O2S/c1-5-22(6-2)19(25)23-11-7-9-15(14-23)18(24)20-13-16(21(3)4)17-10-8-12-26-17/h8,10,12,15-16H,5-7,9,11,13-14H2,1-4H3,(H,20,24). The third-order valence-electron chi connectivity index (χ3n) is 5.06. The Kier molecular flexibility index (Phi) is 7.90. The second-order valence-corrected chi connectivity index (χ2v) is 7.96. The van der Waals surface area contributed by atoms with Gasteiger partial charge in [0.1, 0.15) is 0 Å². The summed E-state index contributed by atoms with van der Waals surface area (Å²) in [5.74, 6) is -0.0557. The van der Waals surface area contributed by atoms with E-state index in [0.717, 1.165) is 19.4 Å². The van der Waals surface area contributed by atoms with Crippen LogP contribution in [0, 0.1) is 5.92 Å². The lowest BCUT2D eigenvalue weighted by Crippen LogP contribution is -2.50. The SMILES string of the molecule is CCN(CC)C(=O)N1CCCC(C(=O)NCC(c2cccs2)N(C)C)C1. The summed E-state index contributed by atoms with van der Waals surface area (Å²) in [7, 11) is 4.06. The van der Waals surface area contributed by atoms with E-state index in [-0.39, 0.29) is 23.9 Å². The van der Waals surface area contributed by atoms with Crippen LogP contribution in [0.4, 0.5) is 4.79 Å². The summed E-state index contributed by atoms with van der Waals surface area (Å²) in [6.07, 6.45) is 1.73. The monoisotopic (exact) mass is 380 g/mol. The Hall–Kier alpha value is -1.60. The number of likely N-dealkylation sites (N-methyl/N-ethyl adjacent to an activating group) is 1. The van der Waals surface area contributed by atoms with Crippen LogP contribution in [0.25, 0.3) is 0 Å². The summed E-state index contributed by atoms with van der Waals surface area (Å²) in [5, 5.41) is 5.17. The van der Waals surface area contributed by atoms with Gasteiger partial charge in [0.15, 0.2) is 0 Å². The molecule has 146 valence electrons. The van der Waals surface area contributed by atoms with Crippen molar-refractivity contribution >= 4 is 23.3 Å². The van der Waals surface area contributed by atoms with Gasteiger partial charge >= 0.3 is 6.03 Å². The Morgan fingerprint density at radius 1 is 1.35 bits per heavy atom. The van der Waals surface area contributed by atoms with E-state index in [1.165, 1.54) is 4.88 Å². The summed E-state index contributed by atoms with van der Waals surface area (Å²) in [5.41, 5.74) is 0. The van der Waals surface area contributed by atoms with Crippen LogP contribution in [-0.2, 0) is 4.79 Å². The van der Waals surface area contributed by atoms with E-state index >= 15 is 0 Å². The first kappa shape index (κ1) is 20.7. The smallest absolute Gasteiger partial charge is 0.320 e. The number of thiophene rings is 1. The van der Waals surface area contributed by atoms with Gasteiger partial charge in [0, 0.05) is 37.6 Å². The van der Waals surface area contributed by atoms with Gasteiger partial charge in [-0.3, -0.25) is 4.79 Å². The van der Waals surface area contributed by atoms with Crippen molar-refractivity contribution in [2.75, 3.05) is 46.8 Å². The molecular formula is C19H32N4O2S. The van der Waals surface area contributed by atoms with Crippen molar-refractivity contribution in [2.45, 2.75) is 32.7 Å². The molecule has 1 fully saturated rings. The molecule has 0 aromatic carbocycles. The molecule has 0 bridgehead atoms. The Balaban J connectivity index is 1.91. The van der Waals surface area contributed by atoms with Crippen molar-refractivity contribution < 1.29 is 9.59 Å². The van der Waals surface area contributed by atoms with Gasteiger partial charge in [0.05, 0.1) is 12.0 Å². The fourth-order valence-corrected chi connectivity index (χ4v) is 4.34. The molecule has 0 saturated carbocycles. The Morgan fingerprint density at radius 3 is 2.65 bits per heavy atom. The van der Waals surface area contributed by atoms with Gasteiger partial charge in [-0.1, -0.05) is 6.07 Å². The molecule has 1 saturated heterocycles. The third kappa shape index (κ3) is 5.20. The molecule has 6 nitrogen and oxygen atoms in total. The number of likely N-dealkylation sites (tertiary alicyclic amines) is 1. The minimum absolute atomic E-state index is 0.0530. The normalized spacial score (nSPS) is 18.7. The molecule has 26 heavy (non-hydrogen) atoms. The van der Waals surface area contributed by atoms with Gasteiger partial charge in [-0.2, -0.15) is 0 Å². The summed E-state index contributed by atoms with van der Waals surface area (Å²) >= 11 is 1.71. The highest BCUT2D eigenvalue weighted by molar-refractivity contribution is 7.10. The van der Waals surface area contributed by atoms with E-state index in [1.807, 2.05) is 43.8 Å². The first-order chi connectivity index (χ1) is 12.5. The maximum absolute atomic E-state index is 12.7. The average Bonchev–Trinajstić information content (AvgIpc) is 3.16. The summed E-state index contributed by atoms with van der Waals surface area (Å²) < 4.78 is 0. The molecule has 2 atom stereocenters. The Labute approximate surface area is 161 Å². The maximum Gasteiger partial charge on any atom is 0.320 e. The molecule has 0 radical (unpaired) electrons. The lowest BCUT2D eigenvalue weighted by molar-refractivity contribution is -0.126. The zero-order chi connectivity index (χ0) is 19.1. The number of carbonyl (C=O) groups is 2. The summed E-state index contributed by atoms with van der Waals surface area (Å²) in [6, 6.07) is 4.37. The molecule has 1 aromatic rings. The van der Waals surface area contributed by atoms with Gasteiger partial charge in [-0.15, -0.1) is 11.3 Å². The van der Waals surface area contributed by atoms with Crippen LogP contribution in [0.3, 0.4) is 0 Å². The summed E-state index contributed by atoms with van der Waals surface area (Å²) in [6.45, 7) is 7.24. The number of carbonyl (C=O) groups excluding carboxylic acids is 2. The minimum Gasteiger partial charge on any atom is -0.354 e. The molecule has 2 rings (SSSR count). The number of hydrogen-bond donors (Lipinski definition) is 1. The van der Waals surface area contributed by atoms with Crippen LogP contribution >= 0.6 is 11.3 Å². The highest BCUT2D eigenvalue weighted by atomic mass is 32.1. The van der Waals surface area contributed by atoms with Crippen molar-refractivity contribution in [1.29, 1.82) is 0 Å². The van der Waals surface area contributed by atoms with Gasteiger partial charge in [0.2, 0.25) is 5.91 Å². The van der Waals surface area contributed by atoms with Crippen LogP contribution in [0.15, 0.2) is 17.5 Å². The zero-order valence-electron chi connectivity index (χ0n) is 16.4. The quantitative estimate of drug-likeness (QED) is 0.791. The number of hydrogen-bond acceptors (Lipinski definition) is 4. The van der Waals surface area contributed by atoms with Crippen molar-refractivity contribution in [3.63, 3.8) is 0 Å². The fourth-order valence-electron chi connectivity index (χ4n) is 3.42. The highest BCUT2D eigenvalue weighted by Gasteiger charge is 2.30. The second kappa shape index (κ2) is 9.92.